The molecule has 4 heterocycles. The first-order valence-electron chi connectivity index (χ1n) is 15.9. The van der Waals surface area contributed by atoms with Gasteiger partial charge in [0.1, 0.15) is 6.04 Å². The normalized spacial score (nSPS) is 21.6. The van der Waals surface area contributed by atoms with Gasteiger partial charge in [0.15, 0.2) is 10.8 Å². The summed E-state index contributed by atoms with van der Waals surface area (Å²) < 4.78 is 22.4. The molecular weight excluding hydrogens is 669 g/mol. The minimum atomic E-state index is -0.820. The SMILES string of the molecule is CCOC(=O)C(CCOC(=O)C1=C(CN2CCOC(CO)C2)NC(c2nccs2)=NC1c1ccc(Cl)cc1Cl)CCN1CCOCC1. The molecule has 2 saturated heterocycles. The molecule has 0 saturated carbocycles. The van der Waals surface area contributed by atoms with Gasteiger partial charge in [-0.05, 0) is 38.4 Å². The maximum absolute atomic E-state index is 14.1. The van der Waals surface area contributed by atoms with Gasteiger partial charge in [0.25, 0.3) is 0 Å². The Morgan fingerprint density at radius 3 is 2.68 bits per heavy atom. The first-order valence-corrected chi connectivity index (χ1v) is 17.5. The smallest absolute Gasteiger partial charge is 0.338 e. The van der Waals surface area contributed by atoms with Crippen LogP contribution in [0.3, 0.4) is 0 Å². The highest BCUT2D eigenvalue weighted by atomic mass is 35.5. The number of carbonyl (C=O) groups excluding carboxylic acids is 2. The highest BCUT2D eigenvalue weighted by Gasteiger charge is 2.36. The number of esters is 2. The Morgan fingerprint density at radius 1 is 1.15 bits per heavy atom. The van der Waals surface area contributed by atoms with Crippen LogP contribution in [0.1, 0.15) is 36.4 Å². The van der Waals surface area contributed by atoms with Gasteiger partial charge in [-0.1, -0.05) is 29.3 Å². The highest BCUT2D eigenvalue weighted by molar-refractivity contribution is 7.11. The lowest BCUT2D eigenvalue weighted by Gasteiger charge is -2.35. The van der Waals surface area contributed by atoms with Gasteiger partial charge in [-0.15, -0.1) is 11.3 Å². The van der Waals surface area contributed by atoms with Crippen LogP contribution >= 0.6 is 34.5 Å². The molecule has 0 bridgehead atoms. The van der Waals surface area contributed by atoms with Gasteiger partial charge in [-0.25, -0.2) is 9.78 Å². The van der Waals surface area contributed by atoms with Crippen LogP contribution in [0, 0.1) is 5.92 Å². The average Bonchev–Trinajstić information content (AvgIpc) is 3.62. The van der Waals surface area contributed by atoms with Crippen LogP contribution in [0.25, 0.3) is 0 Å². The number of hydrogen-bond acceptors (Lipinski definition) is 13. The van der Waals surface area contributed by atoms with E-state index in [1.165, 1.54) is 11.3 Å². The summed E-state index contributed by atoms with van der Waals surface area (Å²) in [5.74, 6) is -0.804. The number of morpholine rings is 2. The van der Waals surface area contributed by atoms with Crippen LogP contribution in [0.4, 0.5) is 0 Å². The lowest BCUT2D eigenvalue weighted by molar-refractivity contribution is -0.151. The molecule has 0 radical (unpaired) electrons. The van der Waals surface area contributed by atoms with E-state index in [9.17, 15) is 14.7 Å². The van der Waals surface area contributed by atoms with Crippen molar-refractivity contribution in [3.05, 3.63) is 61.7 Å². The molecule has 256 valence electrons. The summed E-state index contributed by atoms with van der Waals surface area (Å²) in [6, 6.07) is 4.26. The van der Waals surface area contributed by atoms with E-state index in [4.69, 9.17) is 47.1 Å². The molecule has 3 aliphatic rings. The monoisotopic (exact) mass is 709 g/mol. The van der Waals surface area contributed by atoms with Gasteiger partial charge < -0.3 is 29.4 Å². The van der Waals surface area contributed by atoms with Crippen molar-refractivity contribution in [1.82, 2.24) is 20.1 Å². The average molecular weight is 711 g/mol. The van der Waals surface area contributed by atoms with E-state index < -0.39 is 17.9 Å². The Hall–Kier alpha value is -2.62. The van der Waals surface area contributed by atoms with Gasteiger partial charge in [0.05, 0.1) is 57.2 Å². The number of aliphatic imine (C=N–C) groups is 1. The molecule has 47 heavy (non-hydrogen) atoms. The first-order chi connectivity index (χ1) is 22.9. The van der Waals surface area contributed by atoms with Crippen LogP contribution in [0.2, 0.25) is 10.0 Å². The number of halogens is 2. The zero-order valence-corrected chi connectivity index (χ0v) is 28.7. The van der Waals surface area contributed by atoms with E-state index in [-0.39, 0.29) is 31.9 Å². The van der Waals surface area contributed by atoms with Crippen molar-refractivity contribution in [1.29, 1.82) is 0 Å². The predicted octanol–water partition coefficient (Wildman–Crippen LogP) is 3.32. The Bertz CT molecular complexity index is 1420. The Labute approximate surface area is 288 Å². The molecule has 1 aromatic carbocycles. The van der Waals surface area contributed by atoms with Crippen molar-refractivity contribution in [2.75, 3.05) is 78.9 Å². The summed E-state index contributed by atoms with van der Waals surface area (Å²) in [5, 5.41) is 16.4. The fourth-order valence-electron chi connectivity index (χ4n) is 5.79. The minimum absolute atomic E-state index is 0.0104. The van der Waals surface area contributed by atoms with E-state index in [0.29, 0.717) is 90.0 Å². The van der Waals surface area contributed by atoms with Crippen molar-refractivity contribution < 1.29 is 33.6 Å². The van der Waals surface area contributed by atoms with E-state index in [1.54, 1.807) is 31.3 Å². The fourth-order valence-corrected chi connectivity index (χ4v) is 6.89. The Morgan fingerprint density at radius 2 is 1.96 bits per heavy atom. The summed E-state index contributed by atoms with van der Waals surface area (Å²) in [4.78, 5) is 40.7. The second-order valence-electron chi connectivity index (χ2n) is 11.4. The number of thiazole rings is 1. The number of nitrogens with one attached hydrogen (secondary N) is 1. The first kappa shape index (κ1) is 35.7. The van der Waals surface area contributed by atoms with Crippen molar-refractivity contribution in [2.24, 2.45) is 10.9 Å². The number of aromatic nitrogens is 1. The Balaban J connectivity index is 1.40. The molecular formula is C32H41Cl2N5O7S. The van der Waals surface area contributed by atoms with Gasteiger partial charge in [-0.3, -0.25) is 19.6 Å². The van der Waals surface area contributed by atoms with Crippen molar-refractivity contribution in [3.8, 4) is 0 Å². The van der Waals surface area contributed by atoms with Gasteiger partial charge in [-0.2, -0.15) is 0 Å². The number of aliphatic hydroxyl groups is 1. The van der Waals surface area contributed by atoms with E-state index >= 15 is 0 Å². The van der Waals surface area contributed by atoms with Gasteiger partial charge >= 0.3 is 11.9 Å². The Kier molecular flexibility index (Phi) is 13.4. The number of ether oxygens (including phenoxy) is 4. The summed E-state index contributed by atoms with van der Waals surface area (Å²) in [6.45, 7) is 7.50. The lowest BCUT2D eigenvalue weighted by atomic mass is 9.95. The molecule has 2 fully saturated rings. The van der Waals surface area contributed by atoms with Crippen LogP contribution in [0.5, 0.6) is 0 Å². The largest absolute Gasteiger partial charge is 0.466 e. The number of carbonyl (C=O) groups is 2. The molecule has 15 heteroatoms. The third kappa shape index (κ3) is 9.73. The van der Waals surface area contributed by atoms with E-state index in [1.807, 2.05) is 5.38 Å². The van der Waals surface area contributed by atoms with Crippen molar-refractivity contribution >= 4 is 52.3 Å². The zero-order chi connectivity index (χ0) is 33.2. The summed E-state index contributed by atoms with van der Waals surface area (Å²) >= 11 is 14.4. The van der Waals surface area contributed by atoms with Gasteiger partial charge in [0, 0.05) is 65.6 Å². The number of hydrogen-bond donors (Lipinski definition) is 2. The second-order valence-corrected chi connectivity index (χ2v) is 13.2. The lowest BCUT2D eigenvalue weighted by Crippen LogP contribution is -2.47. The van der Waals surface area contributed by atoms with Crippen LogP contribution < -0.4 is 5.32 Å². The summed E-state index contributed by atoms with van der Waals surface area (Å²) in [7, 11) is 0. The third-order valence-electron chi connectivity index (χ3n) is 8.26. The minimum Gasteiger partial charge on any atom is -0.466 e. The van der Waals surface area contributed by atoms with E-state index in [0.717, 1.165) is 19.6 Å². The topological polar surface area (TPSA) is 135 Å². The van der Waals surface area contributed by atoms with Crippen molar-refractivity contribution in [2.45, 2.75) is 31.9 Å². The molecule has 12 nitrogen and oxygen atoms in total. The molecule has 5 rings (SSSR count). The van der Waals surface area contributed by atoms with Gasteiger partial charge in [0.2, 0.25) is 0 Å². The molecule has 3 aliphatic heterocycles. The fraction of sp³-hybridized carbons (Fsp3) is 0.562. The quantitative estimate of drug-likeness (QED) is 0.280. The van der Waals surface area contributed by atoms with Crippen molar-refractivity contribution in [3.63, 3.8) is 0 Å². The summed E-state index contributed by atoms with van der Waals surface area (Å²) in [6.07, 6.45) is 2.25. The maximum Gasteiger partial charge on any atom is 0.338 e. The number of rotatable bonds is 14. The predicted molar refractivity (Wildman–Crippen MR) is 179 cm³/mol. The summed E-state index contributed by atoms with van der Waals surface area (Å²) in [5.41, 5.74) is 1.46. The van der Waals surface area contributed by atoms with Crippen LogP contribution in [0.15, 0.2) is 46.0 Å². The van der Waals surface area contributed by atoms with Crippen LogP contribution in [-0.2, 0) is 28.5 Å². The molecule has 3 atom stereocenters. The number of benzene rings is 1. The standard InChI is InChI=1S/C32H41Cl2N5O7S/c1-2-44-31(41)21(5-8-38-9-13-43-14-10-38)6-12-46-32(42)27-26(19-39-11-15-45-23(18-39)20-40)36-29(30-35-7-16-47-30)37-28(27)24-4-3-22(33)17-25(24)34/h3-4,7,16-17,21,23,28,40H,2,5-6,8-15,18-20H2,1H3,(H,36,37). The molecule has 2 N–H and O–H groups in total. The molecule has 3 unspecified atom stereocenters. The molecule has 1 aromatic heterocycles. The second kappa shape index (κ2) is 17.7. The number of nitrogens with zero attached hydrogens (tertiary/aromatic N) is 4. The molecule has 0 spiro atoms. The molecule has 0 aliphatic carbocycles. The number of aliphatic hydroxyl groups excluding tert-OH is 1. The molecule has 0 amide bonds. The molecule has 2 aromatic rings. The third-order valence-corrected chi connectivity index (χ3v) is 9.61. The number of amidine groups is 1. The maximum atomic E-state index is 14.1. The zero-order valence-electron chi connectivity index (χ0n) is 26.4. The van der Waals surface area contributed by atoms with Crippen LogP contribution in [-0.4, -0.2) is 123 Å². The highest BCUT2D eigenvalue weighted by Crippen LogP contribution is 2.38. The van der Waals surface area contributed by atoms with E-state index in [2.05, 4.69) is 20.1 Å².